The van der Waals surface area contributed by atoms with E-state index in [4.69, 9.17) is 5.14 Å². The van der Waals surface area contributed by atoms with Crippen molar-refractivity contribution in [3.8, 4) is 0 Å². The highest BCUT2D eigenvalue weighted by molar-refractivity contribution is 7.89. The SMILES string of the molecule is CNC(C)C1CCN(c2ccc(S(N)(=O)=O)cc2)CC1. The maximum absolute atomic E-state index is 11.2. The van der Waals surface area contributed by atoms with Gasteiger partial charge in [-0.2, -0.15) is 0 Å². The van der Waals surface area contributed by atoms with E-state index >= 15 is 0 Å². The van der Waals surface area contributed by atoms with Gasteiger partial charge in [0.05, 0.1) is 4.90 Å². The number of hydrogen-bond acceptors (Lipinski definition) is 4. The van der Waals surface area contributed by atoms with E-state index in [1.807, 2.05) is 19.2 Å². The molecule has 1 aromatic rings. The first-order chi connectivity index (χ1) is 9.41. The third-order valence-corrected chi connectivity index (χ3v) is 5.16. The number of nitrogens with zero attached hydrogens (tertiary/aromatic N) is 1. The second-order valence-corrected chi connectivity index (χ2v) is 7.00. The van der Waals surface area contributed by atoms with Crippen molar-refractivity contribution in [2.24, 2.45) is 11.1 Å². The van der Waals surface area contributed by atoms with Crippen LogP contribution in [0.4, 0.5) is 5.69 Å². The fourth-order valence-electron chi connectivity index (χ4n) is 2.74. The Morgan fingerprint density at radius 2 is 1.80 bits per heavy atom. The lowest BCUT2D eigenvalue weighted by Gasteiger charge is -2.36. The normalized spacial score (nSPS) is 19.1. The highest BCUT2D eigenvalue weighted by Gasteiger charge is 2.23. The molecule has 20 heavy (non-hydrogen) atoms. The molecule has 1 fully saturated rings. The van der Waals surface area contributed by atoms with Crippen molar-refractivity contribution < 1.29 is 8.42 Å². The maximum Gasteiger partial charge on any atom is 0.238 e. The summed E-state index contributed by atoms with van der Waals surface area (Å²) in [6, 6.07) is 7.37. The van der Waals surface area contributed by atoms with Gasteiger partial charge >= 0.3 is 0 Å². The monoisotopic (exact) mass is 297 g/mol. The van der Waals surface area contributed by atoms with Gasteiger partial charge in [0.1, 0.15) is 0 Å². The number of hydrogen-bond donors (Lipinski definition) is 2. The van der Waals surface area contributed by atoms with E-state index in [1.54, 1.807) is 12.1 Å². The molecule has 3 N–H and O–H groups in total. The molecule has 1 aromatic carbocycles. The molecule has 0 bridgehead atoms. The van der Waals surface area contributed by atoms with Crippen LogP contribution in [0.2, 0.25) is 0 Å². The summed E-state index contributed by atoms with van der Waals surface area (Å²) < 4.78 is 22.5. The largest absolute Gasteiger partial charge is 0.372 e. The van der Waals surface area contributed by atoms with Crippen molar-refractivity contribution >= 4 is 15.7 Å². The van der Waals surface area contributed by atoms with Crippen molar-refractivity contribution in [3.63, 3.8) is 0 Å². The molecular formula is C14H23N3O2S. The van der Waals surface area contributed by atoms with Gasteiger partial charge in [0, 0.05) is 24.8 Å². The average Bonchev–Trinajstić information content (AvgIpc) is 2.46. The quantitative estimate of drug-likeness (QED) is 0.874. The van der Waals surface area contributed by atoms with Crippen molar-refractivity contribution in [1.82, 2.24) is 5.32 Å². The number of sulfonamides is 1. The Morgan fingerprint density at radius 3 is 2.25 bits per heavy atom. The number of rotatable bonds is 4. The zero-order valence-electron chi connectivity index (χ0n) is 12.0. The molecule has 112 valence electrons. The first-order valence-corrected chi connectivity index (χ1v) is 8.51. The van der Waals surface area contributed by atoms with Crippen LogP contribution in [0, 0.1) is 5.92 Å². The van der Waals surface area contributed by atoms with E-state index in [2.05, 4.69) is 17.1 Å². The third-order valence-electron chi connectivity index (χ3n) is 4.23. The molecule has 1 aliphatic heterocycles. The summed E-state index contributed by atoms with van der Waals surface area (Å²) >= 11 is 0. The van der Waals surface area contributed by atoms with Gasteiger partial charge in [-0.1, -0.05) is 0 Å². The van der Waals surface area contributed by atoms with Gasteiger partial charge in [0.25, 0.3) is 0 Å². The van der Waals surface area contributed by atoms with Gasteiger partial charge in [-0.15, -0.1) is 0 Å². The van der Waals surface area contributed by atoms with Crippen LogP contribution in [-0.4, -0.2) is 34.6 Å². The summed E-state index contributed by atoms with van der Waals surface area (Å²) in [6.07, 6.45) is 2.30. The van der Waals surface area contributed by atoms with E-state index in [0.29, 0.717) is 12.0 Å². The number of primary sulfonamides is 1. The predicted octanol–water partition coefficient (Wildman–Crippen LogP) is 1.16. The molecule has 1 heterocycles. The Labute approximate surface area is 121 Å². The van der Waals surface area contributed by atoms with Gasteiger partial charge in [-0.25, -0.2) is 13.6 Å². The Bertz CT molecular complexity index is 534. The molecule has 1 aliphatic rings. The van der Waals surface area contributed by atoms with Crippen LogP contribution in [-0.2, 0) is 10.0 Å². The number of benzene rings is 1. The summed E-state index contributed by atoms with van der Waals surface area (Å²) in [5.41, 5.74) is 1.06. The van der Waals surface area contributed by atoms with Crippen LogP contribution in [0.5, 0.6) is 0 Å². The van der Waals surface area contributed by atoms with Gasteiger partial charge in [-0.3, -0.25) is 0 Å². The molecule has 0 radical (unpaired) electrons. The molecule has 1 unspecified atom stereocenters. The zero-order chi connectivity index (χ0) is 14.8. The zero-order valence-corrected chi connectivity index (χ0v) is 12.9. The van der Waals surface area contributed by atoms with Crippen LogP contribution >= 0.6 is 0 Å². The number of nitrogens with one attached hydrogen (secondary N) is 1. The smallest absolute Gasteiger partial charge is 0.238 e. The lowest BCUT2D eigenvalue weighted by molar-refractivity contribution is 0.323. The minimum atomic E-state index is -3.60. The van der Waals surface area contributed by atoms with E-state index in [1.165, 1.54) is 0 Å². The molecule has 0 aliphatic carbocycles. The fourth-order valence-corrected chi connectivity index (χ4v) is 3.26. The molecule has 0 saturated carbocycles. The van der Waals surface area contributed by atoms with Gasteiger partial charge in [0.15, 0.2) is 0 Å². The molecular weight excluding hydrogens is 274 g/mol. The van der Waals surface area contributed by atoms with E-state index in [9.17, 15) is 8.42 Å². The lowest BCUT2D eigenvalue weighted by Crippen LogP contribution is -2.40. The van der Waals surface area contributed by atoms with Gasteiger partial charge in [-0.05, 0) is 57.0 Å². The summed E-state index contributed by atoms with van der Waals surface area (Å²) in [5.74, 6) is 0.708. The summed E-state index contributed by atoms with van der Waals surface area (Å²) in [4.78, 5) is 2.46. The highest BCUT2D eigenvalue weighted by atomic mass is 32.2. The van der Waals surface area contributed by atoms with Crippen LogP contribution in [0.1, 0.15) is 19.8 Å². The molecule has 6 heteroatoms. The first-order valence-electron chi connectivity index (χ1n) is 6.97. The van der Waals surface area contributed by atoms with Crippen LogP contribution in [0.3, 0.4) is 0 Å². The maximum atomic E-state index is 11.2. The highest BCUT2D eigenvalue weighted by Crippen LogP contribution is 2.25. The van der Waals surface area contributed by atoms with Crippen molar-refractivity contribution in [2.75, 3.05) is 25.0 Å². The fraction of sp³-hybridized carbons (Fsp3) is 0.571. The standard InChI is InChI=1S/C14H23N3O2S/c1-11(16-2)12-7-9-17(10-8-12)13-3-5-14(6-4-13)20(15,18)19/h3-6,11-12,16H,7-10H2,1-2H3,(H2,15,18,19). The molecule has 0 aromatic heterocycles. The van der Waals surface area contributed by atoms with Crippen LogP contribution < -0.4 is 15.4 Å². The molecule has 1 atom stereocenters. The van der Waals surface area contributed by atoms with Crippen molar-refractivity contribution in [3.05, 3.63) is 24.3 Å². The lowest BCUT2D eigenvalue weighted by atomic mass is 9.90. The number of piperidine rings is 1. The Hall–Kier alpha value is -1.11. The summed E-state index contributed by atoms with van der Waals surface area (Å²) in [7, 11) is -1.60. The number of nitrogens with two attached hydrogens (primary N) is 1. The summed E-state index contributed by atoms with van der Waals surface area (Å²) in [5, 5.41) is 8.42. The minimum absolute atomic E-state index is 0.167. The summed E-state index contributed by atoms with van der Waals surface area (Å²) in [6.45, 7) is 4.23. The molecule has 2 rings (SSSR count). The Kier molecular flexibility index (Phi) is 4.67. The van der Waals surface area contributed by atoms with Crippen molar-refractivity contribution in [2.45, 2.75) is 30.7 Å². The molecule has 5 nitrogen and oxygen atoms in total. The van der Waals surface area contributed by atoms with E-state index in [0.717, 1.165) is 31.6 Å². The molecule has 0 spiro atoms. The minimum Gasteiger partial charge on any atom is -0.372 e. The molecule has 1 saturated heterocycles. The predicted molar refractivity (Wildman–Crippen MR) is 81.3 cm³/mol. The van der Waals surface area contributed by atoms with E-state index in [-0.39, 0.29) is 4.90 Å². The van der Waals surface area contributed by atoms with Gasteiger partial charge < -0.3 is 10.2 Å². The van der Waals surface area contributed by atoms with Crippen LogP contribution in [0.25, 0.3) is 0 Å². The van der Waals surface area contributed by atoms with E-state index < -0.39 is 10.0 Å². The third kappa shape index (κ3) is 3.50. The molecule has 0 amide bonds. The van der Waals surface area contributed by atoms with Crippen LogP contribution in [0.15, 0.2) is 29.2 Å². The van der Waals surface area contributed by atoms with Gasteiger partial charge in [0.2, 0.25) is 10.0 Å². The Balaban J connectivity index is 2.01. The second-order valence-electron chi connectivity index (χ2n) is 5.44. The first kappa shape index (κ1) is 15.3. The Morgan fingerprint density at radius 1 is 1.25 bits per heavy atom. The topological polar surface area (TPSA) is 75.4 Å². The average molecular weight is 297 g/mol. The second kappa shape index (κ2) is 6.11. The van der Waals surface area contributed by atoms with Crippen molar-refractivity contribution in [1.29, 1.82) is 0 Å². The number of anilines is 1.